The molecule has 0 unspecified atom stereocenters. The van der Waals surface area contributed by atoms with Crippen molar-refractivity contribution in [3.05, 3.63) is 311 Å². The summed E-state index contributed by atoms with van der Waals surface area (Å²) in [4.78, 5) is 2.27. The molecule has 0 aromatic heterocycles. The summed E-state index contributed by atoms with van der Waals surface area (Å²) in [5.74, 6) is -3.13. The summed E-state index contributed by atoms with van der Waals surface area (Å²) >= 11 is 7.80. The Hall–Kier alpha value is -3.88. The van der Waals surface area contributed by atoms with Crippen molar-refractivity contribution >= 4 is 85.6 Å². The summed E-state index contributed by atoms with van der Waals surface area (Å²) < 4.78 is 39.1. The monoisotopic (exact) mass is 1450 g/mol. The molecule has 74 heavy (non-hydrogen) atoms. The number of nitrogens with zero attached hydrogens (tertiary/aromatic N) is 1. The average molecular weight is 1450 g/mol. The first kappa shape index (κ1) is 61.0. The summed E-state index contributed by atoms with van der Waals surface area (Å²) in [5.41, 5.74) is 2.45. The molecular weight excluding hydrogens is 1400 g/mol. The predicted octanol–water partition coefficient (Wildman–Crippen LogP) is 10.5. The van der Waals surface area contributed by atoms with E-state index in [2.05, 4.69) is 206 Å². The molecule has 0 aliphatic carbocycles. The van der Waals surface area contributed by atoms with Gasteiger partial charge in [0.15, 0.2) is 0 Å². The third kappa shape index (κ3) is 16.3. The molecular formula is C61H57Au2ClNO4P3S2-4. The third-order valence-electron chi connectivity index (χ3n) is 11.7. The molecule has 0 heterocycles. The van der Waals surface area contributed by atoms with E-state index in [1.807, 2.05) is 24.3 Å². The Morgan fingerprint density at radius 2 is 0.662 bits per heavy atom. The first-order chi connectivity index (χ1) is 34.6. The SMILES string of the molecule is [Au].[Au].[CH2-]P([CH2-])(O[Cl+3]([O-])([O-])[O-])(c1ccccc1)c1ccccc1.[CH2-]P([CH2-])(SC(=S)N(Cc1ccccc1)Cc1ccccc1)(c1ccccc1)c1ccccc1.c1ccc(P(c2ccccc2)c2ccccc2)cc1. The topological polar surface area (TPSA) is 81.6 Å². The number of rotatable bonds is 14. The molecule has 0 bridgehead atoms. The van der Waals surface area contributed by atoms with Gasteiger partial charge in [-0.25, -0.2) is 0 Å². The van der Waals surface area contributed by atoms with Gasteiger partial charge in [0, 0.05) is 44.8 Å². The van der Waals surface area contributed by atoms with Crippen LogP contribution in [0.2, 0.25) is 0 Å². The Bertz CT molecular complexity index is 2830. The second-order valence-corrected chi connectivity index (χ2v) is 32.8. The van der Waals surface area contributed by atoms with E-state index in [1.165, 1.54) is 27.0 Å². The van der Waals surface area contributed by atoms with Gasteiger partial charge in [-0.15, -0.1) is 0 Å². The van der Waals surface area contributed by atoms with Crippen molar-refractivity contribution in [2.45, 2.75) is 13.1 Å². The second kappa shape index (κ2) is 28.0. The van der Waals surface area contributed by atoms with Crippen molar-refractivity contribution < 1.29 is 73.1 Å². The molecule has 13 heteroatoms. The number of benzene rings is 9. The first-order valence-corrected chi connectivity index (χ1v) is 32.5. The van der Waals surface area contributed by atoms with Crippen LogP contribution in [0.15, 0.2) is 273 Å². The van der Waals surface area contributed by atoms with Gasteiger partial charge in [0.25, 0.3) is 0 Å². The van der Waals surface area contributed by atoms with Crippen LogP contribution in [-0.4, -0.2) is 9.22 Å². The molecule has 0 saturated heterocycles. The molecule has 0 N–H and O–H groups in total. The molecule has 9 aromatic rings. The maximum atomic E-state index is 11.1. The van der Waals surface area contributed by atoms with Crippen LogP contribution in [0.25, 0.3) is 0 Å². The third-order valence-corrected chi connectivity index (χ3v) is 27.0. The maximum Gasteiger partial charge on any atom is -0.0134 e. The minimum Gasteiger partial charge on any atom is -0.0622 e. The Morgan fingerprint density at radius 3 is 0.932 bits per heavy atom. The fraction of sp³-hybridized carbons (Fsp3) is 0.0328. The van der Waals surface area contributed by atoms with Crippen LogP contribution >= 0.6 is 44.2 Å². The van der Waals surface area contributed by atoms with E-state index in [9.17, 15) is 14.0 Å². The Balaban J connectivity index is 0.000000214. The van der Waals surface area contributed by atoms with Gasteiger partial charge in [-0.05, 0) is 23.8 Å². The van der Waals surface area contributed by atoms with Gasteiger partial charge in [0.2, 0.25) is 0 Å². The molecule has 9 aromatic carbocycles. The summed E-state index contributed by atoms with van der Waals surface area (Å²) in [5, 5.41) is 7.44. The van der Waals surface area contributed by atoms with Crippen LogP contribution in [-0.2, 0) is 61.9 Å². The fourth-order valence-corrected chi connectivity index (χ4v) is 22.1. The summed E-state index contributed by atoms with van der Waals surface area (Å²) in [7, 11) is -5.10. The Labute approximate surface area is 483 Å². The Morgan fingerprint density at radius 1 is 0.419 bits per heavy atom. The van der Waals surface area contributed by atoms with E-state index in [0.29, 0.717) is 10.6 Å². The molecule has 9 rings (SSSR count). The molecule has 0 atom stereocenters. The minimum atomic E-state index is -4.66. The van der Waals surface area contributed by atoms with Gasteiger partial charge >= 0.3 is 328 Å². The summed E-state index contributed by atoms with van der Waals surface area (Å²) in [6.45, 7) is 15.0. The second-order valence-electron chi connectivity index (χ2n) is 17.1. The number of halogens is 1. The van der Waals surface area contributed by atoms with Crippen molar-refractivity contribution in [1.29, 1.82) is 0 Å². The van der Waals surface area contributed by atoms with Gasteiger partial charge in [0.05, 0.1) is 0 Å². The largest absolute Gasteiger partial charge is 0.0622 e. The molecule has 2 radical (unpaired) electrons. The first-order valence-electron chi connectivity index (χ1n) is 23.0. The van der Waals surface area contributed by atoms with E-state index in [4.69, 9.17) is 29.6 Å². The molecule has 0 aliphatic rings. The van der Waals surface area contributed by atoms with Crippen molar-refractivity contribution in [3.8, 4) is 0 Å². The predicted molar refractivity (Wildman–Crippen MR) is 308 cm³/mol. The van der Waals surface area contributed by atoms with Gasteiger partial charge in [-0.3, -0.25) is 0 Å². The zero-order valence-electron chi connectivity index (χ0n) is 40.4. The number of hydrogen-bond acceptors (Lipinski definition) is 6. The summed E-state index contributed by atoms with van der Waals surface area (Å²) in [6, 6.07) is 91.2. The zero-order valence-corrected chi connectivity index (χ0v) is 49.8. The van der Waals surface area contributed by atoms with Crippen LogP contribution in [0.3, 0.4) is 0 Å². The standard InChI is InChI=1S/C29H28NPS2.C18H15P.C14H14ClO4P.2Au/c1-31(2,27-19-11-5-12-20-27,28-21-13-6-14-22-28)33-29(32)30(23-25-15-7-3-8-16-25)24-26-17-9-4-10-18-26;1-4-10-16(11-5-1)19(17-12-6-2-7-13-17)18-14-8-3-9-15-18;1-20(2,19-15(16,17)18,13-9-5-3-6-10-13)14-11-7-4-8-12-14;;/h3-22H,1-2,23-24H2;1-15H;3-12H,1-2H2;;/q-2;;-2;;. The number of hydrogen-bond donors (Lipinski definition) is 0. The van der Waals surface area contributed by atoms with Crippen molar-refractivity contribution in [2.24, 2.45) is 0 Å². The van der Waals surface area contributed by atoms with E-state index in [-0.39, 0.29) is 44.8 Å². The maximum absolute atomic E-state index is 11.1. The van der Waals surface area contributed by atoms with Crippen LogP contribution in [0, 0.1) is 36.9 Å². The zero-order chi connectivity index (χ0) is 51.0. The van der Waals surface area contributed by atoms with E-state index in [1.54, 1.807) is 72.0 Å². The van der Waals surface area contributed by atoms with Crippen LogP contribution in [0.5, 0.6) is 0 Å². The molecule has 0 amide bonds. The number of thiocarbonyl (C=S) groups is 1. The molecule has 0 saturated carbocycles. The molecule has 0 fully saturated rings. The average Bonchev–Trinajstić information content (AvgIpc) is 3.41. The normalized spacial score (nSPS) is 12.2. The van der Waals surface area contributed by atoms with Crippen LogP contribution in [0.4, 0.5) is 0 Å². The molecule has 0 spiro atoms. The van der Waals surface area contributed by atoms with E-state index < -0.39 is 30.8 Å². The summed E-state index contributed by atoms with van der Waals surface area (Å²) in [6.07, 6.45) is 0. The van der Waals surface area contributed by atoms with Gasteiger partial charge in [0.1, 0.15) is 0 Å². The van der Waals surface area contributed by atoms with Crippen molar-refractivity contribution in [3.63, 3.8) is 0 Å². The fourth-order valence-electron chi connectivity index (χ4n) is 8.00. The van der Waals surface area contributed by atoms with Gasteiger partial charge in [-0.1, -0.05) is 91.0 Å². The Kier molecular flexibility index (Phi) is 23.0. The molecule has 0 aliphatic heterocycles. The minimum absolute atomic E-state index is 0. The van der Waals surface area contributed by atoms with Crippen molar-refractivity contribution in [1.82, 2.24) is 4.90 Å². The van der Waals surface area contributed by atoms with Crippen LogP contribution < -0.4 is 51.1 Å². The van der Waals surface area contributed by atoms with Crippen molar-refractivity contribution in [2.75, 3.05) is 0 Å². The van der Waals surface area contributed by atoms with Gasteiger partial charge in [-0.2, -0.15) is 0 Å². The van der Waals surface area contributed by atoms with Gasteiger partial charge < -0.3 is 0 Å². The van der Waals surface area contributed by atoms with E-state index >= 15 is 0 Å². The van der Waals surface area contributed by atoms with Crippen LogP contribution in [0.1, 0.15) is 11.1 Å². The molecule has 390 valence electrons. The smallest absolute Gasteiger partial charge is 0.0134 e. The molecule has 5 nitrogen and oxygen atoms in total. The van der Waals surface area contributed by atoms with E-state index in [0.717, 1.165) is 28.0 Å². The quantitative estimate of drug-likeness (QED) is 0.0464.